The minimum atomic E-state index is -0.709. The largest absolute Gasteiger partial charge is 1.00 e. The van der Waals surface area contributed by atoms with Crippen molar-refractivity contribution in [1.82, 2.24) is 0 Å². The number of unbranched alkanes of at least 4 members (excludes halogenated alkanes) is 1. The average Bonchev–Trinajstić information content (AvgIpc) is 2.15. The van der Waals surface area contributed by atoms with Gasteiger partial charge >= 0.3 is 5.97 Å². The lowest BCUT2D eigenvalue weighted by atomic mass is 10.2. The Morgan fingerprint density at radius 2 is 1.93 bits per heavy atom. The summed E-state index contributed by atoms with van der Waals surface area (Å²) in [7, 11) is 0. The van der Waals surface area contributed by atoms with Crippen LogP contribution in [0.25, 0.3) is 0 Å². The molecule has 0 fully saturated rings. The number of carbonyl (C=O) groups is 1. The summed E-state index contributed by atoms with van der Waals surface area (Å²) in [6.07, 6.45) is 5.98. The first-order chi connectivity index (χ1) is 6.68. The summed E-state index contributed by atoms with van der Waals surface area (Å²) < 4.78 is 2.08. The molecule has 0 saturated heterocycles. The van der Waals surface area contributed by atoms with Crippen LogP contribution in [0.4, 0.5) is 0 Å². The molecule has 0 aliphatic heterocycles. The maximum absolute atomic E-state index is 10.2. The fourth-order valence-electron chi connectivity index (χ4n) is 1.25. The first-order valence-electron chi connectivity index (χ1n) is 4.86. The molecular formula is C11H16BrNO2. The Balaban J connectivity index is 0.00000196. The molecule has 3 nitrogen and oxygen atoms in total. The SMILES string of the molecule is Cc1cc[n+](CCCCC(=O)O)cc1.[Br-]. The minimum absolute atomic E-state index is 0. The van der Waals surface area contributed by atoms with E-state index in [1.165, 1.54) is 5.56 Å². The molecule has 15 heavy (non-hydrogen) atoms. The normalized spacial score (nSPS) is 9.40. The summed E-state index contributed by atoms with van der Waals surface area (Å²) in [4.78, 5) is 10.2. The Morgan fingerprint density at radius 3 is 2.47 bits per heavy atom. The molecule has 0 radical (unpaired) electrons. The molecule has 0 aliphatic rings. The molecule has 0 amide bonds. The van der Waals surface area contributed by atoms with E-state index in [0.717, 1.165) is 19.4 Å². The predicted molar refractivity (Wildman–Crippen MR) is 52.9 cm³/mol. The molecule has 0 bridgehead atoms. The van der Waals surface area contributed by atoms with Crippen LogP contribution >= 0.6 is 0 Å². The molecule has 0 aliphatic carbocycles. The second-order valence-corrected chi connectivity index (χ2v) is 3.46. The Labute approximate surface area is 101 Å². The van der Waals surface area contributed by atoms with E-state index >= 15 is 0 Å². The maximum Gasteiger partial charge on any atom is 0.303 e. The highest BCUT2D eigenvalue weighted by Gasteiger charge is 2.01. The number of hydrogen-bond donors (Lipinski definition) is 1. The van der Waals surface area contributed by atoms with Crippen molar-refractivity contribution in [2.75, 3.05) is 0 Å². The van der Waals surface area contributed by atoms with Crippen molar-refractivity contribution in [1.29, 1.82) is 0 Å². The molecular weight excluding hydrogens is 258 g/mol. The molecule has 1 N–H and O–H groups in total. The highest BCUT2D eigenvalue weighted by atomic mass is 79.9. The molecule has 0 unspecified atom stereocenters. The monoisotopic (exact) mass is 273 g/mol. The summed E-state index contributed by atoms with van der Waals surface area (Å²) in [5.74, 6) is -0.709. The summed E-state index contributed by atoms with van der Waals surface area (Å²) in [6, 6.07) is 4.11. The smallest absolute Gasteiger partial charge is 0.303 e. The van der Waals surface area contributed by atoms with Crippen LogP contribution in [-0.4, -0.2) is 11.1 Å². The standard InChI is InChI=1S/C11H15NO2.BrH/c1-10-5-8-12(9-6-10)7-3-2-4-11(13)14;/h5-6,8-9H,2-4,7H2,1H3;1H. The van der Waals surface area contributed by atoms with Crippen LogP contribution in [0.5, 0.6) is 0 Å². The summed E-state index contributed by atoms with van der Waals surface area (Å²) >= 11 is 0. The van der Waals surface area contributed by atoms with Gasteiger partial charge in [-0.25, -0.2) is 4.57 Å². The number of hydrogen-bond acceptors (Lipinski definition) is 1. The van der Waals surface area contributed by atoms with Gasteiger partial charge in [0.15, 0.2) is 12.4 Å². The third-order valence-corrected chi connectivity index (χ3v) is 2.11. The van der Waals surface area contributed by atoms with E-state index < -0.39 is 5.97 Å². The van der Waals surface area contributed by atoms with E-state index in [1.807, 2.05) is 12.4 Å². The van der Waals surface area contributed by atoms with Crippen molar-refractivity contribution >= 4 is 5.97 Å². The van der Waals surface area contributed by atoms with Gasteiger partial charge in [-0.2, -0.15) is 0 Å². The number of pyridine rings is 1. The third-order valence-electron chi connectivity index (χ3n) is 2.11. The van der Waals surface area contributed by atoms with Gasteiger partial charge in [0, 0.05) is 25.0 Å². The van der Waals surface area contributed by atoms with Crippen molar-refractivity contribution in [3.8, 4) is 0 Å². The first-order valence-corrected chi connectivity index (χ1v) is 4.86. The number of halogens is 1. The molecule has 1 heterocycles. The average molecular weight is 274 g/mol. The first kappa shape index (κ1) is 14.1. The van der Waals surface area contributed by atoms with Gasteiger partial charge in [-0.05, 0) is 18.9 Å². The van der Waals surface area contributed by atoms with E-state index in [1.54, 1.807) is 0 Å². The van der Waals surface area contributed by atoms with Crippen molar-refractivity contribution in [2.45, 2.75) is 32.7 Å². The number of aliphatic carboxylic acids is 1. The van der Waals surface area contributed by atoms with Gasteiger partial charge in [-0.15, -0.1) is 0 Å². The summed E-state index contributed by atoms with van der Waals surface area (Å²) in [5, 5.41) is 8.44. The number of aromatic nitrogens is 1. The highest BCUT2D eigenvalue weighted by molar-refractivity contribution is 5.66. The van der Waals surface area contributed by atoms with Crippen LogP contribution in [0, 0.1) is 6.92 Å². The molecule has 84 valence electrons. The van der Waals surface area contributed by atoms with Gasteiger partial charge in [-0.1, -0.05) is 0 Å². The number of carboxylic acids is 1. The van der Waals surface area contributed by atoms with Crippen molar-refractivity contribution in [2.24, 2.45) is 0 Å². The van der Waals surface area contributed by atoms with Crippen LogP contribution in [0.15, 0.2) is 24.5 Å². The van der Waals surface area contributed by atoms with Gasteiger partial charge < -0.3 is 22.1 Å². The molecule has 4 heteroatoms. The zero-order valence-corrected chi connectivity index (χ0v) is 10.4. The Kier molecular flexibility index (Phi) is 6.96. The summed E-state index contributed by atoms with van der Waals surface area (Å²) in [5.41, 5.74) is 1.24. The minimum Gasteiger partial charge on any atom is -1.00 e. The van der Waals surface area contributed by atoms with E-state index in [9.17, 15) is 4.79 Å². The molecule has 0 atom stereocenters. The second-order valence-electron chi connectivity index (χ2n) is 3.46. The number of nitrogens with zero attached hydrogens (tertiary/aromatic N) is 1. The number of aryl methyl sites for hydroxylation is 2. The third kappa shape index (κ3) is 6.23. The fraction of sp³-hybridized carbons (Fsp3) is 0.455. The molecule has 1 rings (SSSR count). The van der Waals surface area contributed by atoms with Gasteiger partial charge in [0.05, 0.1) is 0 Å². The van der Waals surface area contributed by atoms with Crippen LogP contribution in [0.2, 0.25) is 0 Å². The second kappa shape index (κ2) is 7.40. The maximum atomic E-state index is 10.2. The lowest BCUT2D eigenvalue weighted by Gasteiger charge is -1.96. The van der Waals surface area contributed by atoms with Crippen LogP contribution in [0.1, 0.15) is 24.8 Å². The Hall–Kier alpha value is -0.900. The zero-order chi connectivity index (χ0) is 10.4. The molecule has 1 aromatic heterocycles. The topological polar surface area (TPSA) is 41.2 Å². The van der Waals surface area contributed by atoms with E-state index in [2.05, 4.69) is 23.6 Å². The van der Waals surface area contributed by atoms with Crippen LogP contribution in [-0.2, 0) is 11.3 Å². The molecule has 0 aromatic carbocycles. The van der Waals surface area contributed by atoms with Gasteiger partial charge in [0.25, 0.3) is 0 Å². The van der Waals surface area contributed by atoms with Crippen molar-refractivity contribution in [3.05, 3.63) is 30.1 Å². The van der Waals surface area contributed by atoms with Crippen LogP contribution < -0.4 is 21.5 Å². The summed E-state index contributed by atoms with van der Waals surface area (Å²) in [6.45, 7) is 2.95. The molecule has 0 spiro atoms. The predicted octanol–water partition coefficient (Wildman–Crippen LogP) is -1.46. The van der Waals surface area contributed by atoms with E-state index in [4.69, 9.17) is 5.11 Å². The highest BCUT2D eigenvalue weighted by Crippen LogP contribution is 1.96. The fourth-order valence-corrected chi connectivity index (χ4v) is 1.25. The van der Waals surface area contributed by atoms with Gasteiger partial charge in [0.2, 0.25) is 0 Å². The lowest BCUT2D eigenvalue weighted by Crippen LogP contribution is -3.00. The number of carboxylic acid groups (broad SMARTS) is 1. The van der Waals surface area contributed by atoms with Gasteiger partial charge in [0.1, 0.15) is 6.54 Å². The van der Waals surface area contributed by atoms with Gasteiger partial charge in [-0.3, -0.25) is 4.79 Å². The Bertz CT molecular complexity index is 298. The lowest BCUT2D eigenvalue weighted by molar-refractivity contribution is -0.697. The Morgan fingerprint density at radius 1 is 1.33 bits per heavy atom. The van der Waals surface area contributed by atoms with E-state index in [-0.39, 0.29) is 23.4 Å². The molecule has 0 saturated carbocycles. The van der Waals surface area contributed by atoms with Crippen LogP contribution in [0.3, 0.4) is 0 Å². The van der Waals surface area contributed by atoms with Crippen molar-refractivity contribution in [3.63, 3.8) is 0 Å². The number of rotatable bonds is 5. The quantitative estimate of drug-likeness (QED) is 0.527. The zero-order valence-electron chi connectivity index (χ0n) is 8.82. The van der Waals surface area contributed by atoms with E-state index in [0.29, 0.717) is 0 Å². The molecule has 1 aromatic rings. The van der Waals surface area contributed by atoms with Crippen molar-refractivity contribution < 1.29 is 31.4 Å².